The van der Waals surface area contributed by atoms with Gasteiger partial charge in [-0.15, -0.1) is 0 Å². The van der Waals surface area contributed by atoms with Crippen LogP contribution in [0.15, 0.2) is 0 Å². The molecule has 0 aromatic rings. The first-order chi connectivity index (χ1) is 6.16. The van der Waals surface area contributed by atoms with Crippen LogP contribution in [0.5, 0.6) is 0 Å². The van der Waals surface area contributed by atoms with E-state index in [0.29, 0.717) is 6.04 Å². The smallest absolute Gasteiger partial charge is 0.00580 e. The van der Waals surface area contributed by atoms with Crippen molar-refractivity contribution in [2.75, 3.05) is 18.1 Å². The quantitative estimate of drug-likeness (QED) is 0.608. The molecule has 0 aliphatic heterocycles. The number of hydrogen-bond donors (Lipinski definition) is 1. The van der Waals surface area contributed by atoms with Crippen molar-refractivity contribution in [3.63, 3.8) is 0 Å². The molecule has 0 saturated heterocycles. The van der Waals surface area contributed by atoms with Gasteiger partial charge in [0.25, 0.3) is 0 Å². The predicted molar refractivity (Wildman–Crippen MR) is 64.5 cm³/mol. The first kappa shape index (κ1) is 13.3. The van der Waals surface area contributed by atoms with E-state index in [1.807, 2.05) is 11.8 Å². The Bertz CT molecular complexity index is 104. The lowest BCUT2D eigenvalue weighted by atomic mass is 10.0. The molecule has 0 rings (SSSR count). The van der Waals surface area contributed by atoms with Crippen molar-refractivity contribution in [1.82, 2.24) is 5.32 Å². The van der Waals surface area contributed by atoms with Gasteiger partial charge in [0.15, 0.2) is 0 Å². The lowest BCUT2D eigenvalue weighted by Crippen LogP contribution is -2.28. The topological polar surface area (TPSA) is 12.0 Å². The van der Waals surface area contributed by atoms with Crippen molar-refractivity contribution < 1.29 is 0 Å². The number of nitrogens with one attached hydrogen (secondary N) is 1. The van der Waals surface area contributed by atoms with E-state index in [9.17, 15) is 0 Å². The van der Waals surface area contributed by atoms with Crippen molar-refractivity contribution in [2.24, 2.45) is 5.92 Å². The standard InChI is InChI=1S/C11H25NS/c1-5-13-9-8-12-11(4)7-6-10(2)3/h10-12H,5-9H2,1-4H3. The van der Waals surface area contributed by atoms with Gasteiger partial charge in [0, 0.05) is 18.3 Å². The second-order valence-electron chi connectivity index (χ2n) is 4.02. The monoisotopic (exact) mass is 203 g/mol. The zero-order valence-electron chi connectivity index (χ0n) is 9.60. The maximum Gasteiger partial charge on any atom is 0.00580 e. The lowest BCUT2D eigenvalue weighted by Gasteiger charge is -2.14. The summed E-state index contributed by atoms with van der Waals surface area (Å²) in [5.74, 6) is 3.33. The molecule has 0 aliphatic rings. The molecule has 0 aromatic heterocycles. The SMILES string of the molecule is CCSCCNC(C)CCC(C)C. The Labute approximate surface area is 88.1 Å². The summed E-state index contributed by atoms with van der Waals surface area (Å²) in [6, 6.07) is 0.694. The number of thioether (sulfide) groups is 1. The lowest BCUT2D eigenvalue weighted by molar-refractivity contribution is 0.460. The maximum atomic E-state index is 3.55. The van der Waals surface area contributed by atoms with E-state index in [-0.39, 0.29) is 0 Å². The van der Waals surface area contributed by atoms with Crippen LogP contribution >= 0.6 is 11.8 Å². The van der Waals surface area contributed by atoms with Crippen LogP contribution < -0.4 is 5.32 Å². The summed E-state index contributed by atoms with van der Waals surface area (Å²) < 4.78 is 0. The first-order valence-electron chi connectivity index (χ1n) is 5.48. The van der Waals surface area contributed by atoms with Gasteiger partial charge in [-0.25, -0.2) is 0 Å². The van der Waals surface area contributed by atoms with E-state index in [0.717, 1.165) is 12.5 Å². The van der Waals surface area contributed by atoms with Crippen LogP contribution in [-0.4, -0.2) is 24.1 Å². The molecule has 0 radical (unpaired) electrons. The minimum Gasteiger partial charge on any atom is -0.313 e. The van der Waals surface area contributed by atoms with Gasteiger partial charge < -0.3 is 5.32 Å². The zero-order valence-corrected chi connectivity index (χ0v) is 10.4. The van der Waals surface area contributed by atoms with E-state index < -0.39 is 0 Å². The Kier molecular flexibility index (Phi) is 9.10. The molecule has 0 saturated carbocycles. The summed E-state index contributed by atoms with van der Waals surface area (Å²) in [4.78, 5) is 0. The molecular weight excluding hydrogens is 178 g/mol. The van der Waals surface area contributed by atoms with Gasteiger partial charge in [-0.1, -0.05) is 20.8 Å². The summed E-state index contributed by atoms with van der Waals surface area (Å²) in [7, 11) is 0. The Balaban J connectivity index is 3.15. The molecule has 0 fully saturated rings. The summed E-state index contributed by atoms with van der Waals surface area (Å²) in [5, 5.41) is 3.55. The molecule has 0 spiro atoms. The molecule has 1 N–H and O–H groups in total. The largest absolute Gasteiger partial charge is 0.313 e. The summed E-state index contributed by atoms with van der Waals surface area (Å²) in [5.41, 5.74) is 0. The zero-order chi connectivity index (χ0) is 10.1. The van der Waals surface area contributed by atoms with E-state index in [1.54, 1.807) is 0 Å². The van der Waals surface area contributed by atoms with Crippen LogP contribution in [0, 0.1) is 5.92 Å². The fourth-order valence-electron chi connectivity index (χ4n) is 1.21. The van der Waals surface area contributed by atoms with Crippen LogP contribution in [0.25, 0.3) is 0 Å². The summed E-state index contributed by atoms with van der Waals surface area (Å²) in [6.45, 7) is 10.3. The van der Waals surface area contributed by atoms with Gasteiger partial charge in [0.1, 0.15) is 0 Å². The molecule has 1 atom stereocenters. The second kappa shape index (κ2) is 8.89. The third-order valence-corrected chi connectivity index (χ3v) is 3.02. The van der Waals surface area contributed by atoms with Gasteiger partial charge >= 0.3 is 0 Å². The molecule has 0 bridgehead atoms. The third kappa shape index (κ3) is 10.2. The molecule has 0 aliphatic carbocycles. The van der Waals surface area contributed by atoms with Gasteiger partial charge in [-0.2, -0.15) is 11.8 Å². The van der Waals surface area contributed by atoms with Crippen molar-refractivity contribution in [1.29, 1.82) is 0 Å². The van der Waals surface area contributed by atoms with E-state index in [2.05, 4.69) is 33.0 Å². The minimum absolute atomic E-state index is 0.694. The Morgan fingerprint density at radius 1 is 1.15 bits per heavy atom. The second-order valence-corrected chi connectivity index (χ2v) is 5.42. The molecule has 0 amide bonds. The molecule has 2 heteroatoms. The fourth-order valence-corrected chi connectivity index (χ4v) is 1.76. The summed E-state index contributed by atoms with van der Waals surface area (Å²) in [6.07, 6.45) is 2.66. The molecule has 13 heavy (non-hydrogen) atoms. The van der Waals surface area contributed by atoms with Gasteiger partial charge in [-0.3, -0.25) is 0 Å². The average molecular weight is 203 g/mol. The molecule has 0 heterocycles. The Morgan fingerprint density at radius 3 is 2.38 bits per heavy atom. The van der Waals surface area contributed by atoms with Crippen LogP contribution in [0.4, 0.5) is 0 Å². The van der Waals surface area contributed by atoms with Crippen LogP contribution in [-0.2, 0) is 0 Å². The molecule has 80 valence electrons. The predicted octanol–water partition coefficient (Wildman–Crippen LogP) is 3.15. The van der Waals surface area contributed by atoms with Crippen molar-refractivity contribution in [2.45, 2.75) is 46.6 Å². The van der Waals surface area contributed by atoms with Crippen molar-refractivity contribution >= 4 is 11.8 Å². The number of hydrogen-bond acceptors (Lipinski definition) is 2. The van der Waals surface area contributed by atoms with Crippen molar-refractivity contribution in [3.05, 3.63) is 0 Å². The van der Waals surface area contributed by atoms with Gasteiger partial charge in [0.2, 0.25) is 0 Å². The normalized spacial score (nSPS) is 13.6. The van der Waals surface area contributed by atoms with E-state index in [4.69, 9.17) is 0 Å². The fraction of sp³-hybridized carbons (Fsp3) is 1.00. The molecule has 0 aromatic carbocycles. The van der Waals surface area contributed by atoms with Crippen molar-refractivity contribution in [3.8, 4) is 0 Å². The highest BCUT2D eigenvalue weighted by atomic mass is 32.2. The summed E-state index contributed by atoms with van der Waals surface area (Å²) >= 11 is 2.01. The van der Waals surface area contributed by atoms with Crippen LogP contribution in [0.3, 0.4) is 0 Å². The molecule has 1 nitrogen and oxygen atoms in total. The van der Waals surface area contributed by atoms with Gasteiger partial charge in [-0.05, 0) is 31.4 Å². The Morgan fingerprint density at radius 2 is 1.85 bits per heavy atom. The molecule has 1 unspecified atom stereocenters. The third-order valence-electron chi connectivity index (χ3n) is 2.12. The highest BCUT2D eigenvalue weighted by molar-refractivity contribution is 7.99. The minimum atomic E-state index is 0.694. The Hall–Kier alpha value is 0.310. The van der Waals surface area contributed by atoms with E-state index >= 15 is 0 Å². The van der Waals surface area contributed by atoms with E-state index in [1.165, 1.54) is 24.3 Å². The molecular formula is C11H25NS. The first-order valence-corrected chi connectivity index (χ1v) is 6.63. The van der Waals surface area contributed by atoms with Crippen LogP contribution in [0.1, 0.15) is 40.5 Å². The van der Waals surface area contributed by atoms with Crippen LogP contribution in [0.2, 0.25) is 0 Å². The average Bonchev–Trinajstić information content (AvgIpc) is 2.09. The highest BCUT2D eigenvalue weighted by Crippen LogP contribution is 2.06. The number of rotatable bonds is 8. The maximum absolute atomic E-state index is 3.55. The van der Waals surface area contributed by atoms with Gasteiger partial charge in [0.05, 0.1) is 0 Å². The highest BCUT2D eigenvalue weighted by Gasteiger charge is 2.01.